The van der Waals surface area contributed by atoms with Gasteiger partial charge in [-0.15, -0.1) is 0 Å². The highest BCUT2D eigenvalue weighted by Gasteiger charge is 2.08. The van der Waals surface area contributed by atoms with E-state index in [0.29, 0.717) is 12.4 Å². The van der Waals surface area contributed by atoms with Crippen molar-refractivity contribution < 1.29 is 9.13 Å². The largest absolute Gasteiger partial charge is 0.497 e. The second-order valence-electron chi connectivity index (χ2n) is 4.71. The Bertz CT molecular complexity index is 738. The van der Waals surface area contributed by atoms with Crippen LogP contribution in [0.3, 0.4) is 0 Å². The summed E-state index contributed by atoms with van der Waals surface area (Å²) in [6.07, 6.45) is 2.94. The number of benzene rings is 1. The Hall–Kier alpha value is -2.89. The van der Waals surface area contributed by atoms with Crippen molar-refractivity contribution in [1.82, 2.24) is 15.2 Å². The van der Waals surface area contributed by atoms with Gasteiger partial charge in [0.1, 0.15) is 17.4 Å². The monoisotopic (exact) mass is 298 g/mol. The van der Waals surface area contributed by atoms with Crippen molar-refractivity contribution in [2.45, 2.75) is 6.54 Å². The molecule has 6 heteroatoms. The van der Waals surface area contributed by atoms with Crippen molar-refractivity contribution in [3.63, 3.8) is 0 Å². The van der Waals surface area contributed by atoms with Gasteiger partial charge in [-0.3, -0.25) is 5.10 Å². The number of aromatic nitrogens is 3. The van der Waals surface area contributed by atoms with Crippen LogP contribution in [0.4, 0.5) is 10.2 Å². The second kappa shape index (κ2) is 6.26. The van der Waals surface area contributed by atoms with Crippen molar-refractivity contribution in [2.24, 2.45) is 0 Å². The maximum Gasteiger partial charge on any atom is 0.141 e. The molecule has 3 rings (SSSR count). The van der Waals surface area contributed by atoms with Gasteiger partial charge < -0.3 is 10.1 Å². The van der Waals surface area contributed by atoms with Crippen LogP contribution in [-0.4, -0.2) is 22.3 Å². The van der Waals surface area contributed by atoms with Crippen LogP contribution < -0.4 is 10.1 Å². The first-order valence-electron chi connectivity index (χ1n) is 6.78. The number of rotatable bonds is 5. The number of ether oxygens (including phenoxy) is 1. The number of pyridine rings is 1. The molecule has 2 heterocycles. The summed E-state index contributed by atoms with van der Waals surface area (Å²) in [6.45, 7) is 0.538. The second-order valence-corrected chi connectivity index (χ2v) is 4.71. The lowest BCUT2D eigenvalue weighted by molar-refractivity contribution is 0.415. The van der Waals surface area contributed by atoms with Crippen LogP contribution in [0.5, 0.6) is 5.75 Å². The van der Waals surface area contributed by atoms with E-state index in [0.717, 1.165) is 22.6 Å². The lowest BCUT2D eigenvalue weighted by Gasteiger charge is -2.07. The molecule has 0 atom stereocenters. The minimum atomic E-state index is -0.354. The van der Waals surface area contributed by atoms with E-state index in [4.69, 9.17) is 4.74 Å². The Morgan fingerprint density at radius 2 is 1.95 bits per heavy atom. The number of nitrogens with zero attached hydrogens (tertiary/aromatic N) is 2. The van der Waals surface area contributed by atoms with Gasteiger partial charge >= 0.3 is 0 Å². The number of hydrogen-bond acceptors (Lipinski definition) is 4. The van der Waals surface area contributed by atoms with Crippen LogP contribution in [-0.2, 0) is 6.54 Å². The van der Waals surface area contributed by atoms with Gasteiger partial charge in [0.25, 0.3) is 0 Å². The van der Waals surface area contributed by atoms with E-state index >= 15 is 0 Å². The van der Waals surface area contributed by atoms with Gasteiger partial charge in [-0.05, 0) is 36.4 Å². The van der Waals surface area contributed by atoms with Crippen molar-refractivity contribution in [1.29, 1.82) is 0 Å². The minimum Gasteiger partial charge on any atom is -0.497 e. The molecule has 1 aromatic carbocycles. The van der Waals surface area contributed by atoms with E-state index in [1.165, 1.54) is 12.3 Å². The first-order valence-corrected chi connectivity index (χ1v) is 6.78. The predicted octanol–water partition coefficient (Wildman–Crippen LogP) is 3.23. The van der Waals surface area contributed by atoms with E-state index in [2.05, 4.69) is 20.5 Å². The van der Waals surface area contributed by atoms with E-state index in [9.17, 15) is 4.39 Å². The zero-order valence-electron chi connectivity index (χ0n) is 12.0. The molecular formula is C16H15FN4O. The molecule has 5 nitrogen and oxygen atoms in total. The number of H-pyrrole nitrogens is 1. The summed E-state index contributed by atoms with van der Waals surface area (Å²) in [5.74, 6) is 1.06. The van der Waals surface area contributed by atoms with Gasteiger partial charge in [0.05, 0.1) is 25.2 Å². The number of halogens is 1. The number of anilines is 1. The Morgan fingerprint density at radius 3 is 2.64 bits per heavy atom. The van der Waals surface area contributed by atoms with Crippen molar-refractivity contribution in [2.75, 3.05) is 12.4 Å². The number of aromatic amines is 1. The molecule has 0 saturated heterocycles. The molecule has 0 radical (unpaired) electrons. The fourth-order valence-corrected chi connectivity index (χ4v) is 2.12. The zero-order chi connectivity index (χ0) is 15.4. The molecule has 0 aliphatic rings. The predicted molar refractivity (Wildman–Crippen MR) is 82.1 cm³/mol. The van der Waals surface area contributed by atoms with Crippen LogP contribution in [0, 0.1) is 5.82 Å². The molecule has 0 aliphatic heterocycles. The highest BCUT2D eigenvalue weighted by Crippen LogP contribution is 2.24. The molecule has 0 aliphatic carbocycles. The maximum atomic E-state index is 12.8. The minimum absolute atomic E-state index is 0.354. The van der Waals surface area contributed by atoms with E-state index in [-0.39, 0.29) is 5.82 Å². The van der Waals surface area contributed by atoms with Gasteiger partial charge in [-0.2, -0.15) is 5.10 Å². The van der Waals surface area contributed by atoms with Gasteiger partial charge in [0.2, 0.25) is 0 Å². The summed E-state index contributed by atoms with van der Waals surface area (Å²) in [7, 11) is 1.64. The average molecular weight is 298 g/mol. The topological polar surface area (TPSA) is 62.8 Å². The Kier molecular flexibility index (Phi) is 4.00. The summed E-state index contributed by atoms with van der Waals surface area (Å²) < 4.78 is 18.0. The Balaban J connectivity index is 1.75. The summed E-state index contributed by atoms with van der Waals surface area (Å²) in [5.41, 5.74) is 2.94. The Labute approximate surface area is 127 Å². The molecule has 112 valence electrons. The molecule has 2 aromatic heterocycles. The summed E-state index contributed by atoms with van der Waals surface area (Å²) in [6, 6.07) is 10.7. The lowest BCUT2D eigenvalue weighted by atomic mass is 10.1. The molecule has 3 aromatic rings. The van der Waals surface area contributed by atoms with Crippen molar-refractivity contribution in [3.8, 4) is 17.0 Å². The molecule has 0 spiro atoms. The van der Waals surface area contributed by atoms with Gasteiger partial charge in [0, 0.05) is 17.7 Å². The highest BCUT2D eigenvalue weighted by molar-refractivity contribution is 5.63. The molecule has 22 heavy (non-hydrogen) atoms. The molecule has 0 saturated carbocycles. The van der Waals surface area contributed by atoms with Gasteiger partial charge in [-0.1, -0.05) is 0 Å². The van der Waals surface area contributed by atoms with Crippen molar-refractivity contribution in [3.05, 3.63) is 60.2 Å². The highest BCUT2D eigenvalue weighted by atomic mass is 19.1. The molecule has 0 unspecified atom stereocenters. The molecule has 2 N–H and O–H groups in total. The SMILES string of the molecule is COc1ccc(-c2[nH]ncc2CNc2ccc(F)cn2)cc1. The van der Waals surface area contributed by atoms with Crippen LogP contribution in [0.1, 0.15) is 5.56 Å². The zero-order valence-corrected chi connectivity index (χ0v) is 12.0. The summed E-state index contributed by atoms with van der Waals surface area (Å²) in [5, 5.41) is 10.2. The smallest absolute Gasteiger partial charge is 0.141 e. The quantitative estimate of drug-likeness (QED) is 0.759. The average Bonchev–Trinajstić information content (AvgIpc) is 3.03. The third-order valence-electron chi connectivity index (χ3n) is 3.28. The van der Waals surface area contributed by atoms with Crippen LogP contribution in [0.15, 0.2) is 48.8 Å². The number of hydrogen-bond donors (Lipinski definition) is 2. The first-order chi connectivity index (χ1) is 10.8. The summed E-state index contributed by atoms with van der Waals surface area (Å²) >= 11 is 0. The lowest BCUT2D eigenvalue weighted by Crippen LogP contribution is -2.01. The van der Waals surface area contributed by atoms with Crippen LogP contribution >= 0.6 is 0 Å². The normalized spacial score (nSPS) is 10.5. The number of nitrogens with one attached hydrogen (secondary N) is 2. The first kappa shape index (κ1) is 14.1. The van der Waals surface area contributed by atoms with Crippen molar-refractivity contribution >= 4 is 5.82 Å². The van der Waals surface area contributed by atoms with E-state index < -0.39 is 0 Å². The third kappa shape index (κ3) is 3.06. The fourth-order valence-electron chi connectivity index (χ4n) is 2.12. The van der Waals surface area contributed by atoms with E-state index in [1.807, 2.05) is 24.3 Å². The molecule has 0 amide bonds. The standard InChI is InChI=1S/C16H15FN4O/c1-22-14-5-2-11(3-6-14)16-12(9-20-21-16)8-18-15-7-4-13(17)10-19-15/h2-7,9-10H,8H2,1H3,(H,18,19)(H,20,21). The van der Waals surface area contributed by atoms with E-state index in [1.54, 1.807) is 19.4 Å². The van der Waals surface area contributed by atoms with Gasteiger partial charge in [0.15, 0.2) is 0 Å². The maximum absolute atomic E-state index is 12.8. The van der Waals surface area contributed by atoms with Crippen LogP contribution in [0.2, 0.25) is 0 Å². The van der Waals surface area contributed by atoms with Crippen LogP contribution in [0.25, 0.3) is 11.3 Å². The summed E-state index contributed by atoms with van der Waals surface area (Å²) in [4.78, 5) is 3.97. The fraction of sp³-hybridized carbons (Fsp3) is 0.125. The molecular weight excluding hydrogens is 283 g/mol. The Morgan fingerprint density at radius 1 is 1.14 bits per heavy atom. The van der Waals surface area contributed by atoms with Gasteiger partial charge in [-0.25, -0.2) is 9.37 Å². The molecule has 0 fully saturated rings. The third-order valence-corrected chi connectivity index (χ3v) is 3.28. The molecule has 0 bridgehead atoms. The number of methoxy groups -OCH3 is 1.